The molecule has 4 rings (SSSR count). The molecule has 1 aromatic heterocycles. The Hall–Kier alpha value is -3.70. The minimum Gasteiger partial charge on any atom is -0.306 e. The predicted octanol–water partition coefficient (Wildman–Crippen LogP) is 5.42. The fraction of sp³-hybridized carbons (Fsp3) is 0.0800. The number of hydrogen-bond acceptors (Lipinski definition) is 3. The van der Waals surface area contributed by atoms with Crippen molar-refractivity contribution in [3.63, 3.8) is 0 Å². The summed E-state index contributed by atoms with van der Waals surface area (Å²) < 4.78 is 1.59. The topological polar surface area (TPSA) is 64.0 Å². The molecule has 5 nitrogen and oxygen atoms in total. The lowest BCUT2D eigenvalue weighted by atomic mass is 10.0. The molecule has 154 valence electrons. The smallest absolute Gasteiger partial charge is 0.258 e. The first kappa shape index (κ1) is 20.6. The quantitative estimate of drug-likeness (QED) is 0.471. The fourth-order valence-corrected chi connectivity index (χ4v) is 3.54. The van der Waals surface area contributed by atoms with Gasteiger partial charge in [0.2, 0.25) is 5.43 Å². The van der Waals surface area contributed by atoms with Crippen LogP contribution in [0.4, 0.5) is 5.82 Å². The average molecular weight is 430 g/mol. The van der Waals surface area contributed by atoms with Gasteiger partial charge in [-0.25, -0.2) is 4.68 Å². The van der Waals surface area contributed by atoms with Crippen molar-refractivity contribution in [3.05, 3.63) is 111 Å². The summed E-state index contributed by atoms with van der Waals surface area (Å²) in [5.41, 5.74) is 3.26. The summed E-state index contributed by atoms with van der Waals surface area (Å²) in [6, 6.07) is 23.7. The van der Waals surface area contributed by atoms with E-state index in [0.29, 0.717) is 27.4 Å². The molecule has 0 fully saturated rings. The summed E-state index contributed by atoms with van der Waals surface area (Å²) in [4.78, 5) is 26.3. The van der Waals surface area contributed by atoms with Crippen LogP contribution in [0, 0.1) is 13.8 Å². The van der Waals surface area contributed by atoms with Crippen LogP contribution in [0.3, 0.4) is 0 Å². The Balaban J connectivity index is 1.97. The van der Waals surface area contributed by atoms with E-state index in [2.05, 4.69) is 10.4 Å². The lowest BCUT2D eigenvalue weighted by Gasteiger charge is -2.18. The molecule has 1 N–H and O–H groups in total. The number of carbonyl (C=O) groups excluding carboxylic acids is 1. The van der Waals surface area contributed by atoms with E-state index in [1.807, 2.05) is 61.5 Å². The first-order valence-electron chi connectivity index (χ1n) is 9.78. The van der Waals surface area contributed by atoms with Crippen molar-refractivity contribution in [2.45, 2.75) is 13.8 Å². The number of amides is 1. The van der Waals surface area contributed by atoms with Crippen LogP contribution in [0.25, 0.3) is 16.8 Å². The van der Waals surface area contributed by atoms with E-state index in [9.17, 15) is 9.59 Å². The highest BCUT2D eigenvalue weighted by atomic mass is 35.5. The third-order valence-electron chi connectivity index (χ3n) is 4.95. The number of aromatic nitrogens is 2. The number of benzene rings is 3. The lowest BCUT2D eigenvalue weighted by Crippen LogP contribution is -2.25. The van der Waals surface area contributed by atoms with E-state index >= 15 is 0 Å². The largest absolute Gasteiger partial charge is 0.306 e. The van der Waals surface area contributed by atoms with E-state index in [0.717, 1.165) is 11.3 Å². The van der Waals surface area contributed by atoms with Gasteiger partial charge in [0, 0.05) is 0 Å². The average Bonchev–Trinajstić information content (AvgIpc) is 2.78. The Kier molecular flexibility index (Phi) is 5.69. The van der Waals surface area contributed by atoms with Gasteiger partial charge < -0.3 is 5.32 Å². The zero-order chi connectivity index (χ0) is 22.0. The highest BCUT2D eigenvalue weighted by Crippen LogP contribution is 2.28. The molecule has 0 spiro atoms. The van der Waals surface area contributed by atoms with Gasteiger partial charge in [0.25, 0.3) is 5.91 Å². The van der Waals surface area contributed by atoms with Gasteiger partial charge in [-0.3, -0.25) is 9.59 Å². The second-order valence-electron chi connectivity index (χ2n) is 7.19. The van der Waals surface area contributed by atoms with Gasteiger partial charge in [-0.05, 0) is 43.7 Å². The monoisotopic (exact) mass is 429 g/mol. The van der Waals surface area contributed by atoms with Gasteiger partial charge in [-0.15, -0.1) is 0 Å². The van der Waals surface area contributed by atoms with Gasteiger partial charge in [0.05, 0.1) is 21.8 Å². The Morgan fingerprint density at radius 2 is 1.55 bits per heavy atom. The number of hydrogen-bond donors (Lipinski definition) is 1. The van der Waals surface area contributed by atoms with Gasteiger partial charge in [0.1, 0.15) is 11.5 Å². The van der Waals surface area contributed by atoms with Crippen molar-refractivity contribution in [1.29, 1.82) is 0 Å². The van der Waals surface area contributed by atoms with Crippen molar-refractivity contribution in [1.82, 2.24) is 9.78 Å². The molecule has 0 bridgehead atoms. The minimum atomic E-state index is -0.423. The molecule has 0 radical (unpaired) electrons. The Labute approximate surface area is 184 Å². The Bertz CT molecular complexity index is 1310. The van der Waals surface area contributed by atoms with E-state index in [4.69, 9.17) is 11.6 Å². The lowest BCUT2D eigenvalue weighted by molar-refractivity contribution is 0.102. The van der Waals surface area contributed by atoms with Crippen LogP contribution in [-0.4, -0.2) is 15.7 Å². The summed E-state index contributed by atoms with van der Waals surface area (Å²) in [5, 5.41) is 7.70. The first-order valence-corrected chi connectivity index (χ1v) is 10.2. The zero-order valence-electron chi connectivity index (χ0n) is 17.1. The molecule has 31 heavy (non-hydrogen) atoms. The van der Waals surface area contributed by atoms with E-state index in [1.54, 1.807) is 35.9 Å². The molecule has 0 saturated heterocycles. The third-order valence-corrected chi connectivity index (χ3v) is 5.28. The van der Waals surface area contributed by atoms with Crippen molar-refractivity contribution in [2.75, 3.05) is 5.32 Å². The summed E-state index contributed by atoms with van der Waals surface area (Å²) in [5.74, 6) is -0.135. The van der Waals surface area contributed by atoms with Crippen molar-refractivity contribution in [2.24, 2.45) is 0 Å². The highest BCUT2D eigenvalue weighted by Gasteiger charge is 2.21. The number of nitrogens with one attached hydrogen (secondary N) is 1. The molecule has 4 aromatic rings. The SMILES string of the molecule is Cc1ccc(-n2nc(C)c(=O)c(-c3ccccc3)c2NC(=O)c2ccccc2Cl)cc1. The molecule has 0 atom stereocenters. The molecule has 6 heteroatoms. The van der Waals surface area contributed by atoms with Crippen LogP contribution in [0.15, 0.2) is 83.7 Å². The fourth-order valence-electron chi connectivity index (χ4n) is 3.32. The molecule has 0 aliphatic rings. The second kappa shape index (κ2) is 8.58. The minimum absolute atomic E-state index is 0.246. The molecule has 1 amide bonds. The van der Waals surface area contributed by atoms with E-state index < -0.39 is 5.91 Å². The van der Waals surface area contributed by atoms with Crippen molar-refractivity contribution >= 4 is 23.3 Å². The maximum absolute atomic E-state index is 13.2. The van der Waals surface area contributed by atoms with Crippen molar-refractivity contribution < 1.29 is 4.79 Å². The van der Waals surface area contributed by atoms with Crippen LogP contribution in [-0.2, 0) is 0 Å². The number of halogens is 1. The molecular weight excluding hydrogens is 410 g/mol. The van der Waals surface area contributed by atoms with Gasteiger partial charge in [-0.2, -0.15) is 5.10 Å². The van der Waals surface area contributed by atoms with Crippen LogP contribution >= 0.6 is 11.6 Å². The molecular formula is C25H20ClN3O2. The maximum atomic E-state index is 13.2. The van der Waals surface area contributed by atoms with Gasteiger partial charge in [0.15, 0.2) is 0 Å². The standard InChI is InChI=1S/C25H20ClN3O2/c1-16-12-14-19(15-13-16)29-24(27-25(31)20-10-6-7-11-21(20)26)22(23(30)17(2)28-29)18-8-4-3-5-9-18/h3-15H,1-2H3,(H,27,31). The van der Waals surface area contributed by atoms with Crippen LogP contribution in [0.1, 0.15) is 21.6 Å². The molecule has 0 saturated carbocycles. The molecule has 0 aliphatic carbocycles. The maximum Gasteiger partial charge on any atom is 0.258 e. The number of aryl methyl sites for hydroxylation is 2. The molecule has 0 aliphatic heterocycles. The summed E-state index contributed by atoms with van der Waals surface area (Å²) in [6.45, 7) is 3.66. The Morgan fingerprint density at radius 1 is 0.903 bits per heavy atom. The van der Waals surface area contributed by atoms with Crippen LogP contribution < -0.4 is 10.7 Å². The number of carbonyl (C=O) groups is 1. The van der Waals surface area contributed by atoms with Crippen LogP contribution in [0.2, 0.25) is 5.02 Å². The molecule has 3 aromatic carbocycles. The van der Waals surface area contributed by atoms with Gasteiger partial charge >= 0.3 is 0 Å². The Morgan fingerprint density at radius 3 is 2.23 bits per heavy atom. The zero-order valence-corrected chi connectivity index (χ0v) is 17.9. The number of nitrogens with zero attached hydrogens (tertiary/aromatic N) is 2. The summed E-state index contributed by atoms with van der Waals surface area (Å²) in [6.07, 6.45) is 0. The molecule has 1 heterocycles. The number of rotatable bonds is 4. The second-order valence-corrected chi connectivity index (χ2v) is 7.59. The number of anilines is 1. The normalized spacial score (nSPS) is 10.7. The van der Waals surface area contributed by atoms with E-state index in [1.165, 1.54) is 0 Å². The van der Waals surface area contributed by atoms with E-state index in [-0.39, 0.29) is 11.2 Å². The van der Waals surface area contributed by atoms with Gasteiger partial charge in [-0.1, -0.05) is 71.8 Å². The predicted molar refractivity (Wildman–Crippen MR) is 124 cm³/mol. The third kappa shape index (κ3) is 4.13. The first-order chi connectivity index (χ1) is 15.0. The van der Waals surface area contributed by atoms with Crippen LogP contribution in [0.5, 0.6) is 0 Å². The summed E-state index contributed by atoms with van der Waals surface area (Å²) >= 11 is 6.23. The molecule has 0 unspecified atom stereocenters. The van der Waals surface area contributed by atoms with Crippen molar-refractivity contribution in [3.8, 4) is 16.8 Å². The summed E-state index contributed by atoms with van der Waals surface area (Å²) in [7, 11) is 0. The highest BCUT2D eigenvalue weighted by molar-refractivity contribution is 6.34.